The van der Waals surface area contributed by atoms with Crippen molar-refractivity contribution in [1.82, 2.24) is 0 Å². The number of ether oxygens (including phenoxy) is 1. The van der Waals surface area contributed by atoms with Crippen LogP contribution in [0.3, 0.4) is 0 Å². The molecule has 0 spiro atoms. The molecule has 3 nitrogen and oxygen atoms in total. The second-order valence-electron chi connectivity index (χ2n) is 1.72. The van der Waals surface area contributed by atoms with Gasteiger partial charge in [-0.3, -0.25) is 4.79 Å². The lowest BCUT2D eigenvalue weighted by atomic mass is 10.2. The molecule has 0 rings (SSSR count). The molecule has 0 fully saturated rings. The molecule has 0 amide bonds. The molecule has 0 aliphatic carbocycles. The maximum absolute atomic E-state index is 10.3. The van der Waals surface area contributed by atoms with E-state index in [0.717, 1.165) is 0 Å². The predicted molar refractivity (Wildman–Crippen MR) is 31.4 cm³/mol. The van der Waals surface area contributed by atoms with Crippen LogP contribution in [0.1, 0.15) is 19.8 Å². The number of hydrogen-bond donors (Lipinski definition) is 0. The second-order valence-corrected chi connectivity index (χ2v) is 1.72. The SMILES string of the molecule is [CH2]OC(=O)CCC(C)=O. The van der Waals surface area contributed by atoms with Crippen LogP contribution in [0.2, 0.25) is 0 Å². The molecule has 51 valence electrons. The van der Waals surface area contributed by atoms with Gasteiger partial charge in [-0.1, -0.05) is 0 Å². The molecule has 9 heavy (non-hydrogen) atoms. The van der Waals surface area contributed by atoms with Gasteiger partial charge in [0, 0.05) is 6.42 Å². The van der Waals surface area contributed by atoms with Crippen molar-refractivity contribution in [2.75, 3.05) is 0 Å². The lowest BCUT2D eigenvalue weighted by Gasteiger charge is -1.93. The summed E-state index contributed by atoms with van der Waals surface area (Å²) in [7, 11) is 2.90. The van der Waals surface area contributed by atoms with E-state index < -0.39 is 5.97 Å². The highest BCUT2D eigenvalue weighted by Crippen LogP contribution is 1.91. The van der Waals surface area contributed by atoms with E-state index in [9.17, 15) is 9.59 Å². The minimum absolute atomic E-state index is 0.0135. The monoisotopic (exact) mass is 129 g/mol. The Balaban J connectivity index is 3.28. The smallest absolute Gasteiger partial charge is 0.306 e. The first-order valence-corrected chi connectivity index (χ1v) is 2.61. The van der Waals surface area contributed by atoms with Gasteiger partial charge in [-0.2, -0.15) is 0 Å². The van der Waals surface area contributed by atoms with Gasteiger partial charge in [0.05, 0.1) is 6.42 Å². The predicted octanol–water partition coefficient (Wildman–Crippen LogP) is 0.690. The molecule has 0 aromatic rings. The van der Waals surface area contributed by atoms with Crippen LogP contribution in [0.25, 0.3) is 0 Å². The van der Waals surface area contributed by atoms with E-state index in [1.165, 1.54) is 6.92 Å². The first-order valence-electron chi connectivity index (χ1n) is 2.61. The molecule has 0 unspecified atom stereocenters. The van der Waals surface area contributed by atoms with Gasteiger partial charge in [-0.15, -0.1) is 0 Å². The summed E-state index contributed by atoms with van der Waals surface area (Å²) in [5.41, 5.74) is 0. The number of carbonyl (C=O) groups is 2. The molecular weight excluding hydrogens is 120 g/mol. The largest absolute Gasteiger partial charge is 0.462 e. The zero-order chi connectivity index (χ0) is 7.28. The third-order valence-electron chi connectivity index (χ3n) is 0.842. The molecule has 1 radical (unpaired) electrons. The number of Topliss-reactive ketones (excluding diaryl/α,β-unsaturated/α-hetero) is 1. The molecule has 0 aromatic carbocycles. The Hall–Kier alpha value is -0.860. The van der Waals surface area contributed by atoms with E-state index >= 15 is 0 Å². The molecule has 0 bridgehead atoms. The zero-order valence-corrected chi connectivity index (χ0v) is 5.35. The molecule has 0 saturated heterocycles. The Morgan fingerprint density at radius 1 is 1.44 bits per heavy atom. The van der Waals surface area contributed by atoms with Gasteiger partial charge < -0.3 is 9.53 Å². The molecule has 0 atom stereocenters. The average molecular weight is 129 g/mol. The minimum Gasteiger partial charge on any atom is -0.462 e. The summed E-state index contributed by atoms with van der Waals surface area (Å²) in [6.07, 6.45) is 0.382. The fraction of sp³-hybridized carbons (Fsp3) is 0.500. The maximum Gasteiger partial charge on any atom is 0.306 e. The van der Waals surface area contributed by atoms with Crippen molar-refractivity contribution < 1.29 is 14.3 Å². The number of ketones is 1. The molecule has 0 saturated carbocycles. The van der Waals surface area contributed by atoms with Gasteiger partial charge >= 0.3 is 5.97 Å². The van der Waals surface area contributed by atoms with Crippen LogP contribution in [0.4, 0.5) is 0 Å². The Bertz CT molecular complexity index is 117. The summed E-state index contributed by atoms with van der Waals surface area (Å²) in [6, 6.07) is 0. The summed E-state index contributed by atoms with van der Waals surface area (Å²) in [6.45, 7) is 1.43. The molecule has 0 heterocycles. The van der Waals surface area contributed by atoms with Gasteiger partial charge in [0.1, 0.15) is 12.9 Å². The van der Waals surface area contributed by atoms with Crippen molar-refractivity contribution in [2.24, 2.45) is 0 Å². The van der Waals surface area contributed by atoms with Crippen molar-refractivity contribution in [3.8, 4) is 0 Å². The van der Waals surface area contributed by atoms with Crippen LogP contribution in [-0.4, -0.2) is 11.8 Å². The summed E-state index contributed by atoms with van der Waals surface area (Å²) in [4.78, 5) is 20.5. The summed E-state index contributed by atoms with van der Waals surface area (Å²) in [5.74, 6) is -0.453. The van der Waals surface area contributed by atoms with Gasteiger partial charge in [0.2, 0.25) is 0 Å². The highest BCUT2D eigenvalue weighted by atomic mass is 16.5. The van der Waals surface area contributed by atoms with Crippen molar-refractivity contribution in [1.29, 1.82) is 0 Å². The van der Waals surface area contributed by atoms with Crippen molar-refractivity contribution in [2.45, 2.75) is 19.8 Å². The molecular formula is C6H9O3. The van der Waals surface area contributed by atoms with Crippen LogP contribution in [0.5, 0.6) is 0 Å². The van der Waals surface area contributed by atoms with E-state index in [1.807, 2.05) is 0 Å². The first kappa shape index (κ1) is 8.14. The highest BCUT2D eigenvalue weighted by molar-refractivity contribution is 5.80. The van der Waals surface area contributed by atoms with Gasteiger partial charge in [0.15, 0.2) is 0 Å². The van der Waals surface area contributed by atoms with Crippen LogP contribution in [-0.2, 0) is 14.3 Å². The van der Waals surface area contributed by atoms with Crippen LogP contribution < -0.4 is 0 Å². The molecule has 0 aromatic heterocycles. The standard InChI is InChI=1S/C6H9O3/c1-5(7)3-4-6(8)9-2/h2-4H2,1H3. The number of carbonyl (C=O) groups excluding carboxylic acids is 2. The van der Waals surface area contributed by atoms with Crippen molar-refractivity contribution in [3.05, 3.63) is 7.11 Å². The van der Waals surface area contributed by atoms with Crippen LogP contribution in [0.15, 0.2) is 0 Å². The second kappa shape index (κ2) is 4.06. The van der Waals surface area contributed by atoms with Crippen molar-refractivity contribution in [3.63, 3.8) is 0 Å². The molecule has 3 heteroatoms. The van der Waals surface area contributed by atoms with Gasteiger partial charge in [-0.05, 0) is 6.92 Å². The third kappa shape index (κ3) is 5.00. The first-order chi connectivity index (χ1) is 4.16. The molecule has 0 aliphatic rings. The fourth-order valence-corrected chi connectivity index (χ4v) is 0.350. The normalized spacial score (nSPS) is 8.67. The third-order valence-corrected chi connectivity index (χ3v) is 0.842. The van der Waals surface area contributed by atoms with Crippen LogP contribution in [0, 0.1) is 7.11 Å². The quantitative estimate of drug-likeness (QED) is 0.526. The Kier molecular flexibility index (Phi) is 3.67. The number of esters is 1. The Morgan fingerprint density at radius 3 is 2.33 bits per heavy atom. The lowest BCUT2D eigenvalue weighted by Crippen LogP contribution is -2.01. The molecule has 0 aliphatic heterocycles. The Morgan fingerprint density at radius 2 is 2.00 bits per heavy atom. The van der Waals surface area contributed by atoms with E-state index in [-0.39, 0.29) is 18.6 Å². The average Bonchev–Trinajstić information content (AvgIpc) is 1.83. The Labute approximate surface area is 54.0 Å². The van der Waals surface area contributed by atoms with E-state index in [0.29, 0.717) is 0 Å². The summed E-state index contributed by atoms with van der Waals surface area (Å²) >= 11 is 0. The summed E-state index contributed by atoms with van der Waals surface area (Å²) in [5, 5.41) is 0. The number of rotatable bonds is 3. The minimum atomic E-state index is -0.440. The van der Waals surface area contributed by atoms with Crippen molar-refractivity contribution >= 4 is 11.8 Å². The lowest BCUT2D eigenvalue weighted by molar-refractivity contribution is -0.139. The maximum atomic E-state index is 10.3. The van der Waals surface area contributed by atoms with E-state index in [2.05, 4.69) is 11.8 Å². The summed E-state index contributed by atoms with van der Waals surface area (Å²) < 4.78 is 4.06. The van der Waals surface area contributed by atoms with Gasteiger partial charge in [-0.25, -0.2) is 0 Å². The van der Waals surface area contributed by atoms with E-state index in [1.54, 1.807) is 0 Å². The zero-order valence-electron chi connectivity index (χ0n) is 5.35. The molecule has 0 N–H and O–H groups in total. The number of hydrogen-bond acceptors (Lipinski definition) is 3. The van der Waals surface area contributed by atoms with Crippen LogP contribution >= 0.6 is 0 Å². The highest BCUT2D eigenvalue weighted by Gasteiger charge is 2.00. The van der Waals surface area contributed by atoms with Gasteiger partial charge in [0.25, 0.3) is 0 Å². The fourth-order valence-electron chi connectivity index (χ4n) is 0.350. The van der Waals surface area contributed by atoms with E-state index in [4.69, 9.17) is 0 Å². The topological polar surface area (TPSA) is 43.4 Å².